The molecule has 0 aromatic heterocycles. The first kappa shape index (κ1) is 17.6. The summed E-state index contributed by atoms with van der Waals surface area (Å²) in [6.45, 7) is 1.09. The van der Waals surface area contributed by atoms with Gasteiger partial charge < -0.3 is 25.9 Å². The van der Waals surface area contributed by atoms with Crippen molar-refractivity contribution < 1.29 is 45.1 Å². The second kappa shape index (κ2) is 4.99. The smallest absolute Gasteiger partial charge is 0.347 e. The zero-order valence-corrected chi connectivity index (χ0v) is 8.92. The van der Waals surface area contributed by atoms with Gasteiger partial charge in [0.2, 0.25) is 0 Å². The van der Waals surface area contributed by atoms with Gasteiger partial charge in [0.05, 0.1) is 0 Å². The number of carboxylic acid groups (broad SMARTS) is 2. The monoisotopic (exact) mass is 252 g/mol. The van der Waals surface area contributed by atoms with E-state index in [1.807, 2.05) is 0 Å². The van der Waals surface area contributed by atoms with E-state index in [-0.39, 0.29) is 5.48 Å². The van der Waals surface area contributed by atoms with Crippen molar-refractivity contribution in [2.24, 2.45) is 0 Å². The van der Waals surface area contributed by atoms with Gasteiger partial charge in [0.1, 0.15) is 0 Å². The Morgan fingerprint density at radius 3 is 1.00 bits per heavy atom. The number of hydrogen-bond donors (Lipinski definition) is 4. The normalized spacial score (nSPS) is 16.9. The molecule has 2 atom stereocenters. The lowest BCUT2D eigenvalue weighted by molar-refractivity contribution is -0.206. The van der Waals surface area contributed by atoms with Crippen LogP contribution in [0.25, 0.3) is 0 Å². The van der Waals surface area contributed by atoms with Crippen molar-refractivity contribution in [2.45, 2.75) is 25.0 Å². The number of carbonyl (C=O) groups is 4. The van der Waals surface area contributed by atoms with E-state index in [1.54, 1.807) is 0 Å². The van der Waals surface area contributed by atoms with Crippen LogP contribution in [-0.2, 0) is 19.2 Å². The quantitative estimate of drug-likeness (QED) is 0.372. The molecule has 0 bridgehead atoms. The van der Waals surface area contributed by atoms with E-state index >= 15 is 0 Å². The molecule has 0 aliphatic heterocycles. The molecule has 9 heteroatoms. The van der Waals surface area contributed by atoms with Crippen molar-refractivity contribution in [3.8, 4) is 0 Å². The third-order valence-corrected chi connectivity index (χ3v) is 2.16. The predicted molar refractivity (Wildman–Crippen MR) is 50.1 cm³/mol. The Hall–Kier alpha value is -1.84. The summed E-state index contributed by atoms with van der Waals surface area (Å²) in [4.78, 5) is 43.3. The van der Waals surface area contributed by atoms with Crippen molar-refractivity contribution in [3.05, 3.63) is 0 Å². The summed E-state index contributed by atoms with van der Waals surface area (Å²) in [5.74, 6) is -7.78. The summed E-state index contributed by atoms with van der Waals surface area (Å²) in [6, 6.07) is 0. The van der Waals surface area contributed by atoms with E-state index in [1.165, 1.54) is 0 Å². The van der Waals surface area contributed by atoms with E-state index in [0.29, 0.717) is 13.8 Å². The minimum absolute atomic E-state index is 0. The molecule has 0 rings (SSSR count). The highest BCUT2D eigenvalue weighted by Crippen LogP contribution is 2.26. The van der Waals surface area contributed by atoms with Gasteiger partial charge in [-0.1, -0.05) is 0 Å². The van der Waals surface area contributed by atoms with Crippen LogP contribution in [0.1, 0.15) is 13.8 Å². The number of aliphatic carboxylic acids is 2. The fourth-order valence-corrected chi connectivity index (χ4v) is 1.12. The number of carbonyl (C=O) groups excluding carboxylic acids is 2. The Balaban J connectivity index is 0. The minimum atomic E-state index is -3.72. The van der Waals surface area contributed by atoms with Crippen LogP contribution in [0.2, 0.25) is 0 Å². The SMILES string of the molecule is CC(=O)C(O)(C(=O)O)C(O)(C(C)=O)C(=O)O.O. The maximum absolute atomic E-state index is 11.0. The predicted octanol–water partition coefficient (Wildman–Crippen LogP) is -3.03. The summed E-state index contributed by atoms with van der Waals surface area (Å²) in [7, 11) is 0. The molecule has 9 nitrogen and oxygen atoms in total. The first-order chi connectivity index (χ1) is 7.02. The zero-order chi connectivity index (χ0) is 13.3. The molecule has 0 aromatic carbocycles. The van der Waals surface area contributed by atoms with E-state index in [4.69, 9.17) is 10.2 Å². The largest absolute Gasteiger partial charge is 0.479 e. The molecule has 0 amide bonds. The molecule has 0 heterocycles. The minimum Gasteiger partial charge on any atom is -0.479 e. The number of carboxylic acids is 2. The first-order valence-corrected chi connectivity index (χ1v) is 3.96. The van der Waals surface area contributed by atoms with Gasteiger partial charge in [0.15, 0.2) is 11.6 Å². The van der Waals surface area contributed by atoms with Gasteiger partial charge in [-0.2, -0.15) is 0 Å². The molecule has 2 unspecified atom stereocenters. The molecule has 0 spiro atoms. The van der Waals surface area contributed by atoms with Gasteiger partial charge in [0, 0.05) is 0 Å². The van der Waals surface area contributed by atoms with Gasteiger partial charge in [0.25, 0.3) is 11.2 Å². The van der Waals surface area contributed by atoms with Crippen LogP contribution < -0.4 is 0 Å². The molecule has 0 saturated carbocycles. The molecule has 0 aliphatic carbocycles. The Morgan fingerprint density at radius 1 is 0.765 bits per heavy atom. The number of ketones is 2. The maximum atomic E-state index is 11.0. The van der Waals surface area contributed by atoms with E-state index in [0.717, 1.165) is 0 Å². The molecule has 0 aromatic rings. The van der Waals surface area contributed by atoms with Gasteiger partial charge in [-0.05, 0) is 13.8 Å². The zero-order valence-electron chi connectivity index (χ0n) is 8.92. The second-order valence-corrected chi connectivity index (χ2v) is 3.14. The number of aliphatic hydroxyl groups is 2. The Kier molecular flexibility index (Phi) is 5.16. The topological polar surface area (TPSA) is 181 Å². The molecule has 17 heavy (non-hydrogen) atoms. The van der Waals surface area contributed by atoms with Crippen molar-refractivity contribution in [1.29, 1.82) is 0 Å². The first-order valence-electron chi connectivity index (χ1n) is 3.96. The molecular weight excluding hydrogens is 240 g/mol. The number of hydrogen-bond acceptors (Lipinski definition) is 6. The summed E-state index contributed by atoms with van der Waals surface area (Å²) in [5, 5.41) is 36.0. The van der Waals surface area contributed by atoms with Gasteiger partial charge in [-0.3, -0.25) is 9.59 Å². The van der Waals surface area contributed by atoms with Crippen LogP contribution in [0.4, 0.5) is 0 Å². The van der Waals surface area contributed by atoms with Crippen LogP contribution in [0, 0.1) is 0 Å². The fraction of sp³-hybridized carbons (Fsp3) is 0.500. The third kappa shape index (κ3) is 2.16. The molecule has 6 N–H and O–H groups in total. The lowest BCUT2D eigenvalue weighted by Gasteiger charge is -2.32. The van der Waals surface area contributed by atoms with Crippen LogP contribution in [0.3, 0.4) is 0 Å². The molecule has 0 fully saturated rings. The lowest BCUT2D eigenvalue weighted by atomic mass is 9.77. The lowest BCUT2D eigenvalue weighted by Crippen LogP contribution is -2.70. The number of Topliss-reactive ketones (excluding diaryl/α,β-unsaturated/α-hetero) is 2. The Labute approximate surface area is 94.6 Å². The van der Waals surface area contributed by atoms with Crippen LogP contribution >= 0.6 is 0 Å². The average Bonchev–Trinajstić information content (AvgIpc) is 2.13. The van der Waals surface area contributed by atoms with Gasteiger partial charge in [-0.25, -0.2) is 9.59 Å². The molecule has 98 valence electrons. The molecule has 0 radical (unpaired) electrons. The third-order valence-electron chi connectivity index (χ3n) is 2.16. The summed E-state index contributed by atoms with van der Waals surface area (Å²) in [5.41, 5.74) is -7.44. The maximum Gasteiger partial charge on any atom is 0.347 e. The standard InChI is InChI=1S/C8H10O8.H2O/c1-3(9)7(15,5(11)12)8(16,4(2)10)6(13)14;/h15-16H,1-2H3,(H,11,12)(H,13,14);1H2. The summed E-state index contributed by atoms with van der Waals surface area (Å²) in [6.07, 6.45) is 0. The average molecular weight is 252 g/mol. The van der Waals surface area contributed by atoms with Crippen molar-refractivity contribution in [3.63, 3.8) is 0 Å². The van der Waals surface area contributed by atoms with Crippen LogP contribution in [0.5, 0.6) is 0 Å². The fourth-order valence-electron chi connectivity index (χ4n) is 1.12. The van der Waals surface area contributed by atoms with Crippen molar-refractivity contribution >= 4 is 23.5 Å². The highest BCUT2D eigenvalue weighted by Gasteiger charge is 2.67. The Bertz CT molecular complexity index is 305. The van der Waals surface area contributed by atoms with Crippen molar-refractivity contribution in [1.82, 2.24) is 0 Å². The van der Waals surface area contributed by atoms with Crippen LogP contribution in [-0.4, -0.2) is 60.6 Å². The van der Waals surface area contributed by atoms with Gasteiger partial charge in [-0.15, -0.1) is 0 Å². The van der Waals surface area contributed by atoms with E-state index < -0.39 is 34.7 Å². The van der Waals surface area contributed by atoms with Crippen LogP contribution in [0.15, 0.2) is 0 Å². The second-order valence-electron chi connectivity index (χ2n) is 3.14. The summed E-state index contributed by atoms with van der Waals surface area (Å²) >= 11 is 0. The highest BCUT2D eigenvalue weighted by molar-refractivity contribution is 6.20. The summed E-state index contributed by atoms with van der Waals surface area (Å²) < 4.78 is 0. The van der Waals surface area contributed by atoms with E-state index in [9.17, 15) is 29.4 Å². The molecule has 0 aliphatic rings. The molecule has 0 saturated heterocycles. The Morgan fingerprint density at radius 2 is 0.941 bits per heavy atom. The molecular formula is C8H12O9. The van der Waals surface area contributed by atoms with Gasteiger partial charge >= 0.3 is 11.9 Å². The highest BCUT2D eigenvalue weighted by atomic mass is 16.5. The van der Waals surface area contributed by atoms with E-state index in [2.05, 4.69) is 0 Å². The number of rotatable bonds is 5. The van der Waals surface area contributed by atoms with Crippen molar-refractivity contribution in [2.75, 3.05) is 0 Å².